The van der Waals surface area contributed by atoms with Gasteiger partial charge in [-0.1, -0.05) is 0 Å². The Bertz CT molecular complexity index is 401. The Balaban J connectivity index is 1.85. The van der Waals surface area contributed by atoms with E-state index in [1.807, 2.05) is 12.4 Å². The van der Waals surface area contributed by atoms with Crippen LogP contribution in [0.25, 0.3) is 0 Å². The quantitative estimate of drug-likeness (QED) is 0.782. The zero-order chi connectivity index (χ0) is 11.7. The molecule has 0 bridgehead atoms. The third kappa shape index (κ3) is 1.78. The van der Waals surface area contributed by atoms with Crippen LogP contribution >= 0.6 is 0 Å². The van der Waals surface area contributed by atoms with Crippen molar-refractivity contribution in [2.45, 2.75) is 31.1 Å². The van der Waals surface area contributed by atoms with Crippen molar-refractivity contribution >= 4 is 5.78 Å². The van der Waals surface area contributed by atoms with Gasteiger partial charge in [-0.3, -0.25) is 9.78 Å². The average Bonchev–Trinajstić information content (AvgIpc) is 2.32. The van der Waals surface area contributed by atoms with E-state index in [0.717, 1.165) is 38.9 Å². The molecule has 2 heterocycles. The van der Waals surface area contributed by atoms with E-state index < -0.39 is 0 Å². The summed E-state index contributed by atoms with van der Waals surface area (Å²) in [4.78, 5) is 15.4. The van der Waals surface area contributed by atoms with Gasteiger partial charge in [0.05, 0.1) is 13.2 Å². The number of nitrogens with zero attached hydrogens (tertiary/aromatic N) is 1. The number of hydrogen-bond acceptors (Lipinski definition) is 3. The van der Waals surface area contributed by atoms with Gasteiger partial charge in [-0.2, -0.15) is 0 Å². The SMILES string of the molecule is O=C1CCC(C2(c3ccncc3)COC2)CC1. The number of carbonyl (C=O) groups excluding carboxylic acids is 1. The molecule has 3 rings (SSSR count). The first-order valence-corrected chi connectivity index (χ1v) is 6.31. The van der Waals surface area contributed by atoms with E-state index in [9.17, 15) is 4.79 Å². The molecule has 2 fully saturated rings. The van der Waals surface area contributed by atoms with Crippen molar-refractivity contribution in [1.82, 2.24) is 4.98 Å². The normalized spacial score (nSPS) is 24.4. The van der Waals surface area contributed by atoms with Crippen LogP contribution in [0.2, 0.25) is 0 Å². The maximum atomic E-state index is 11.3. The number of hydrogen-bond donors (Lipinski definition) is 0. The summed E-state index contributed by atoms with van der Waals surface area (Å²) >= 11 is 0. The number of ether oxygens (including phenoxy) is 1. The Hall–Kier alpha value is -1.22. The molecule has 0 atom stereocenters. The molecule has 3 heteroatoms. The van der Waals surface area contributed by atoms with Crippen LogP contribution in [0.4, 0.5) is 0 Å². The molecule has 17 heavy (non-hydrogen) atoms. The Kier molecular flexibility index (Phi) is 2.71. The number of rotatable bonds is 2. The molecule has 0 spiro atoms. The lowest BCUT2D eigenvalue weighted by molar-refractivity contribution is -0.127. The van der Waals surface area contributed by atoms with E-state index in [0.29, 0.717) is 11.7 Å². The van der Waals surface area contributed by atoms with Crippen molar-refractivity contribution in [3.05, 3.63) is 30.1 Å². The fourth-order valence-corrected chi connectivity index (χ4v) is 3.14. The van der Waals surface area contributed by atoms with Crippen LogP contribution in [0.3, 0.4) is 0 Å². The van der Waals surface area contributed by atoms with E-state index in [1.54, 1.807) is 0 Å². The Morgan fingerprint density at radius 1 is 1.18 bits per heavy atom. The second-order valence-electron chi connectivity index (χ2n) is 5.20. The zero-order valence-electron chi connectivity index (χ0n) is 9.89. The van der Waals surface area contributed by atoms with E-state index in [2.05, 4.69) is 17.1 Å². The average molecular weight is 231 g/mol. The van der Waals surface area contributed by atoms with Gasteiger partial charge < -0.3 is 4.74 Å². The summed E-state index contributed by atoms with van der Waals surface area (Å²) in [5, 5.41) is 0. The van der Waals surface area contributed by atoms with E-state index in [4.69, 9.17) is 4.74 Å². The van der Waals surface area contributed by atoms with E-state index >= 15 is 0 Å². The van der Waals surface area contributed by atoms with Gasteiger partial charge in [0.2, 0.25) is 0 Å². The predicted octanol–water partition coefficient (Wildman–Crippen LogP) is 2.11. The molecule has 0 radical (unpaired) electrons. The summed E-state index contributed by atoms with van der Waals surface area (Å²) in [5.41, 5.74) is 1.49. The molecule has 1 saturated heterocycles. The van der Waals surface area contributed by atoms with Gasteiger partial charge >= 0.3 is 0 Å². The molecule has 1 aliphatic carbocycles. The minimum atomic E-state index is 0.156. The number of pyridine rings is 1. The molecule has 1 aromatic heterocycles. The highest BCUT2D eigenvalue weighted by molar-refractivity contribution is 5.79. The lowest BCUT2D eigenvalue weighted by Crippen LogP contribution is -2.53. The van der Waals surface area contributed by atoms with Gasteiger partial charge in [0.15, 0.2) is 0 Å². The van der Waals surface area contributed by atoms with Crippen molar-refractivity contribution in [3.63, 3.8) is 0 Å². The first kappa shape index (κ1) is 10.9. The first-order chi connectivity index (χ1) is 8.31. The monoisotopic (exact) mass is 231 g/mol. The molecular weight excluding hydrogens is 214 g/mol. The highest BCUT2D eigenvalue weighted by Gasteiger charge is 2.47. The second-order valence-corrected chi connectivity index (χ2v) is 5.20. The predicted molar refractivity (Wildman–Crippen MR) is 63.7 cm³/mol. The molecule has 0 unspecified atom stereocenters. The van der Waals surface area contributed by atoms with Gasteiger partial charge in [0, 0.05) is 30.7 Å². The van der Waals surface area contributed by atoms with Gasteiger partial charge in [-0.15, -0.1) is 0 Å². The number of aromatic nitrogens is 1. The van der Waals surface area contributed by atoms with Crippen LogP contribution in [-0.2, 0) is 14.9 Å². The van der Waals surface area contributed by atoms with Crippen molar-refractivity contribution in [2.24, 2.45) is 5.92 Å². The van der Waals surface area contributed by atoms with Crippen molar-refractivity contribution in [1.29, 1.82) is 0 Å². The maximum Gasteiger partial charge on any atom is 0.132 e. The van der Waals surface area contributed by atoms with Crippen LogP contribution in [0.1, 0.15) is 31.2 Å². The molecule has 1 aliphatic heterocycles. The van der Waals surface area contributed by atoms with Gasteiger partial charge in [0.25, 0.3) is 0 Å². The topological polar surface area (TPSA) is 39.2 Å². The summed E-state index contributed by atoms with van der Waals surface area (Å²) in [6, 6.07) is 4.19. The smallest absolute Gasteiger partial charge is 0.132 e. The Morgan fingerprint density at radius 2 is 1.82 bits per heavy atom. The highest BCUT2D eigenvalue weighted by atomic mass is 16.5. The van der Waals surface area contributed by atoms with Crippen LogP contribution < -0.4 is 0 Å². The van der Waals surface area contributed by atoms with Gasteiger partial charge in [-0.05, 0) is 36.5 Å². The molecule has 1 saturated carbocycles. The summed E-state index contributed by atoms with van der Waals surface area (Å²) in [6.45, 7) is 1.60. The third-order valence-corrected chi connectivity index (χ3v) is 4.30. The van der Waals surface area contributed by atoms with E-state index in [-0.39, 0.29) is 5.41 Å². The molecule has 90 valence electrons. The van der Waals surface area contributed by atoms with Crippen molar-refractivity contribution < 1.29 is 9.53 Å². The molecule has 1 aromatic rings. The number of carbonyl (C=O) groups is 1. The Labute approximate surface area is 101 Å². The molecule has 3 nitrogen and oxygen atoms in total. The number of Topliss-reactive ketones (excluding diaryl/α,β-unsaturated/α-hetero) is 1. The first-order valence-electron chi connectivity index (χ1n) is 6.31. The molecule has 0 amide bonds. The summed E-state index contributed by atoms with van der Waals surface area (Å²) in [7, 11) is 0. The molecule has 2 aliphatic rings. The lowest BCUT2D eigenvalue weighted by Gasteiger charge is -2.49. The largest absolute Gasteiger partial charge is 0.379 e. The Morgan fingerprint density at radius 3 is 2.35 bits per heavy atom. The van der Waals surface area contributed by atoms with Crippen LogP contribution in [-0.4, -0.2) is 24.0 Å². The van der Waals surface area contributed by atoms with Crippen molar-refractivity contribution in [2.75, 3.05) is 13.2 Å². The molecular formula is C14H17NO2. The minimum absolute atomic E-state index is 0.156. The third-order valence-electron chi connectivity index (χ3n) is 4.30. The van der Waals surface area contributed by atoms with Gasteiger partial charge in [-0.25, -0.2) is 0 Å². The van der Waals surface area contributed by atoms with Crippen LogP contribution in [0.5, 0.6) is 0 Å². The molecule has 0 N–H and O–H groups in total. The summed E-state index contributed by atoms with van der Waals surface area (Å²) < 4.78 is 5.47. The van der Waals surface area contributed by atoms with E-state index in [1.165, 1.54) is 5.56 Å². The standard InChI is InChI=1S/C14H17NO2/c16-13-3-1-11(2-4-13)14(9-17-10-14)12-5-7-15-8-6-12/h5-8,11H,1-4,9-10H2. The van der Waals surface area contributed by atoms with Crippen LogP contribution in [0.15, 0.2) is 24.5 Å². The van der Waals surface area contributed by atoms with Gasteiger partial charge in [0.1, 0.15) is 5.78 Å². The lowest BCUT2D eigenvalue weighted by atomic mass is 9.64. The highest BCUT2D eigenvalue weighted by Crippen LogP contribution is 2.45. The number of ketones is 1. The maximum absolute atomic E-state index is 11.3. The minimum Gasteiger partial charge on any atom is -0.379 e. The fraction of sp³-hybridized carbons (Fsp3) is 0.571. The fourth-order valence-electron chi connectivity index (χ4n) is 3.14. The van der Waals surface area contributed by atoms with Crippen LogP contribution in [0, 0.1) is 5.92 Å². The summed E-state index contributed by atoms with van der Waals surface area (Å²) in [5.74, 6) is 1.02. The summed E-state index contributed by atoms with van der Waals surface area (Å²) in [6.07, 6.45) is 7.23. The van der Waals surface area contributed by atoms with Crippen molar-refractivity contribution in [3.8, 4) is 0 Å². The zero-order valence-corrected chi connectivity index (χ0v) is 9.89. The second kappa shape index (κ2) is 4.22. The molecule has 0 aromatic carbocycles.